The van der Waals surface area contributed by atoms with Crippen molar-refractivity contribution >= 4 is 23.5 Å². The van der Waals surface area contributed by atoms with Crippen molar-refractivity contribution in [1.82, 2.24) is 20.3 Å². The number of anilines is 4. The first-order chi connectivity index (χ1) is 17.1. The highest BCUT2D eigenvalue weighted by Crippen LogP contribution is 2.33. The van der Waals surface area contributed by atoms with Crippen molar-refractivity contribution < 1.29 is 13.9 Å². The average Bonchev–Trinajstić information content (AvgIpc) is 3.40. The molecule has 0 amide bonds. The number of methoxy groups -OCH3 is 1. The SMILES string of the molecule is CCC(C1CCCN1)N(c1ccc(OCOC)c(F)c1)c1nc(N)nc(NCC2CCCCC2)n1. The van der Waals surface area contributed by atoms with E-state index in [2.05, 4.69) is 27.5 Å². The van der Waals surface area contributed by atoms with Crippen LogP contribution in [0.25, 0.3) is 0 Å². The molecule has 2 fully saturated rings. The van der Waals surface area contributed by atoms with Crippen LogP contribution in [0.4, 0.5) is 27.9 Å². The number of nitrogens with two attached hydrogens (primary N) is 1. The molecule has 2 heterocycles. The Bertz CT molecular complexity index is 951. The summed E-state index contributed by atoms with van der Waals surface area (Å²) in [5.74, 6) is 1.28. The molecule has 4 N–H and O–H groups in total. The van der Waals surface area contributed by atoms with Crippen LogP contribution >= 0.6 is 0 Å². The topological polar surface area (TPSA) is 110 Å². The minimum absolute atomic E-state index is 0.00985. The molecule has 192 valence electrons. The van der Waals surface area contributed by atoms with Crippen LogP contribution in [0.15, 0.2) is 18.2 Å². The van der Waals surface area contributed by atoms with E-state index in [1.165, 1.54) is 45.3 Å². The first-order valence-corrected chi connectivity index (χ1v) is 12.8. The smallest absolute Gasteiger partial charge is 0.236 e. The highest BCUT2D eigenvalue weighted by molar-refractivity contribution is 5.61. The minimum atomic E-state index is -0.476. The van der Waals surface area contributed by atoms with Crippen LogP contribution in [-0.2, 0) is 4.74 Å². The Hall–Kier alpha value is -2.72. The van der Waals surface area contributed by atoms with Crippen LogP contribution in [-0.4, -0.2) is 54.0 Å². The summed E-state index contributed by atoms with van der Waals surface area (Å²) in [4.78, 5) is 15.6. The van der Waals surface area contributed by atoms with Gasteiger partial charge in [-0.1, -0.05) is 26.2 Å². The largest absolute Gasteiger partial charge is 0.464 e. The van der Waals surface area contributed by atoms with Crippen molar-refractivity contribution in [3.8, 4) is 5.75 Å². The van der Waals surface area contributed by atoms with Crippen LogP contribution in [0.3, 0.4) is 0 Å². The third kappa shape index (κ3) is 6.49. The second-order valence-corrected chi connectivity index (χ2v) is 9.42. The number of nitrogens with zero attached hydrogens (tertiary/aromatic N) is 4. The maximum Gasteiger partial charge on any atom is 0.236 e. The number of hydrogen-bond donors (Lipinski definition) is 3. The zero-order chi connectivity index (χ0) is 24.6. The molecule has 2 aromatic rings. The van der Waals surface area contributed by atoms with Crippen LogP contribution in [0.2, 0.25) is 0 Å². The van der Waals surface area contributed by atoms with Gasteiger partial charge in [0.1, 0.15) is 0 Å². The van der Waals surface area contributed by atoms with E-state index in [0.717, 1.165) is 32.4 Å². The Morgan fingerprint density at radius 1 is 1.17 bits per heavy atom. The van der Waals surface area contributed by atoms with E-state index in [-0.39, 0.29) is 30.6 Å². The lowest BCUT2D eigenvalue weighted by molar-refractivity contribution is 0.0483. The Morgan fingerprint density at radius 3 is 2.69 bits per heavy atom. The quantitative estimate of drug-likeness (QED) is 0.401. The summed E-state index contributed by atoms with van der Waals surface area (Å²) < 4.78 is 25.2. The maximum absolute atomic E-state index is 15.0. The number of nitrogen functional groups attached to an aromatic ring is 1. The number of halogens is 1. The molecule has 9 nitrogen and oxygen atoms in total. The van der Waals surface area contributed by atoms with Gasteiger partial charge in [0.05, 0.1) is 6.04 Å². The highest BCUT2D eigenvalue weighted by atomic mass is 19.1. The van der Waals surface area contributed by atoms with Crippen LogP contribution in [0, 0.1) is 11.7 Å². The molecule has 2 aliphatic rings. The lowest BCUT2D eigenvalue weighted by Crippen LogP contribution is -2.46. The first-order valence-electron chi connectivity index (χ1n) is 12.8. The van der Waals surface area contributed by atoms with Crippen molar-refractivity contribution in [2.45, 2.75) is 70.4 Å². The van der Waals surface area contributed by atoms with Gasteiger partial charge in [-0.25, -0.2) is 4.39 Å². The van der Waals surface area contributed by atoms with E-state index >= 15 is 0 Å². The maximum atomic E-state index is 15.0. The van der Waals surface area contributed by atoms with E-state index in [0.29, 0.717) is 23.5 Å². The monoisotopic (exact) mass is 487 g/mol. The van der Waals surface area contributed by atoms with Gasteiger partial charge in [0, 0.05) is 31.5 Å². The number of aromatic nitrogens is 3. The fourth-order valence-electron chi connectivity index (χ4n) is 5.22. The second-order valence-electron chi connectivity index (χ2n) is 9.42. The number of nitrogens with one attached hydrogen (secondary N) is 2. The van der Waals surface area contributed by atoms with Crippen molar-refractivity contribution in [3.63, 3.8) is 0 Å². The molecule has 1 aromatic carbocycles. The summed E-state index contributed by atoms with van der Waals surface area (Å²) in [6.07, 6.45) is 9.23. The zero-order valence-electron chi connectivity index (χ0n) is 20.8. The Morgan fingerprint density at radius 2 is 2.00 bits per heavy atom. The fraction of sp³-hybridized carbons (Fsp3) is 0.640. The molecular weight excluding hydrogens is 449 g/mol. The van der Waals surface area contributed by atoms with Gasteiger partial charge in [-0.15, -0.1) is 0 Å². The Kier molecular flexibility index (Phi) is 8.92. The molecule has 4 rings (SSSR count). The van der Waals surface area contributed by atoms with Crippen molar-refractivity contribution in [2.24, 2.45) is 5.92 Å². The molecule has 0 spiro atoms. The molecule has 2 unspecified atom stereocenters. The highest BCUT2D eigenvalue weighted by Gasteiger charge is 2.32. The summed E-state index contributed by atoms with van der Waals surface area (Å²) in [6.45, 7) is 3.87. The molecule has 0 radical (unpaired) electrons. The number of rotatable bonds is 11. The van der Waals surface area contributed by atoms with E-state index < -0.39 is 5.82 Å². The number of hydrogen-bond acceptors (Lipinski definition) is 9. The molecule has 2 atom stereocenters. The predicted molar refractivity (Wildman–Crippen MR) is 135 cm³/mol. The second kappa shape index (κ2) is 12.3. The van der Waals surface area contributed by atoms with Crippen molar-refractivity contribution in [2.75, 3.05) is 42.9 Å². The number of ether oxygens (including phenoxy) is 2. The van der Waals surface area contributed by atoms with Crippen LogP contribution < -0.4 is 26.0 Å². The molecule has 10 heteroatoms. The lowest BCUT2D eigenvalue weighted by Gasteiger charge is -2.35. The van der Waals surface area contributed by atoms with Gasteiger partial charge in [-0.2, -0.15) is 15.0 Å². The summed E-state index contributed by atoms with van der Waals surface area (Å²) in [5, 5.41) is 6.96. The average molecular weight is 488 g/mol. The number of benzene rings is 1. The van der Waals surface area contributed by atoms with Crippen molar-refractivity contribution in [3.05, 3.63) is 24.0 Å². The first kappa shape index (κ1) is 25.4. The van der Waals surface area contributed by atoms with E-state index in [4.69, 9.17) is 20.2 Å². The summed E-state index contributed by atoms with van der Waals surface area (Å²) >= 11 is 0. The van der Waals surface area contributed by atoms with Gasteiger partial charge in [0.25, 0.3) is 0 Å². The van der Waals surface area contributed by atoms with E-state index in [1.807, 2.05) is 11.0 Å². The predicted octanol–water partition coefficient (Wildman–Crippen LogP) is 4.24. The molecule has 35 heavy (non-hydrogen) atoms. The molecule has 1 saturated carbocycles. The summed E-state index contributed by atoms with van der Waals surface area (Å²) in [7, 11) is 1.50. The molecule has 1 saturated heterocycles. The van der Waals surface area contributed by atoms with Gasteiger partial charge in [0.2, 0.25) is 17.8 Å². The van der Waals surface area contributed by atoms with Gasteiger partial charge < -0.3 is 30.7 Å². The third-order valence-electron chi connectivity index (χ3n) is 6.97. The molecule has 1 aromatic heterocycles. The fourth-order valence-corrected chi connectivity index (χ4v) is 5.22. The normalized spacial score (nSPS) is 19.5. The van der Waals surface area contributed by atoms with E-state index in [9.17, 15) is 4.39 Å². The third-order valence-corrected chi connectivity index (χ3v) is 6.97. The lowest BCUT2D eigenvalue weighted by atomic mass is 9.89. The van der Waals surface area contributed by atoms with Crippen LogP contribution in [0.5, 0.6) is 5.75 Å². The molecule has 1 aliphatic carbocycles. The summed E-state index contributed by atoms with van der Waals surface area (Å²) in [6, 6.07) is 5.12. The molecule has 0 bridgehead atoms. The standard InChI is InChI=1S/C25H38FN7O2/c1-3-21(20-10-7-13-28-20)33(18-11-12-22(19(26)14-18)35-16-34-2)25-31-23(27)30-24(32-25)29-15-17-8-5-4-6-9-17/h11-12,14,17,20-21,28H,3-10,13,15-16H2,1-2H3,(H3,27,29,30,31,32). The van der Waals surface area contributed by atoms with Gasteiger partial charge in [0.15, 0.2) is 18.4 Å². The Balaban J connectivity index is 1.65. The molecule has 1 aliphatic heterocycles. The van der Waals surface area contributed by atoms with Gasteiger partial charge >= 0.3 is 0 Å². The van der Waals surface area contributed by atoms with E-state index in [1.54, 1.807) is 6.07 Å². The minimum Gasteiger partial charge on any atom is -0.464 e. The Labute approximate surface area is 207 Å². The van der Waals surface area contributed by atoms with Gasteiger partial charge in [-0.05, 0) is 56.7 Å². The molecular formula is C25H38FN7O2. The zero-order valence-corrected chi connectivity index (χ0v) is 20.8. The summed E-state index contributed by atoms with van der Waals surface area (Å²) in [5.41, 5.74) is 6.77. The van der Waals surface area contributed by atoms with Gasteiger partial charge in [-0.3, -0.25) is 0 Å². The van der Waals surface area contributed by atoms with Crippen molar-refractivity contribution in [1.29, 1.82) is 0 Å². The van der Waals surface area contributed by atoms with Crippen LogP contribution in [0.1, 0.15) is 58.3 Å².